The van der Waals surface area contributed by atoms with E-state index in [0.717, 1.165) is 0 Å². The molecule has 0 unspecified atom stereocenters. The molecule has 9 heavy (non-hydrogen) atoms. The summed E-state index contributed by atoms with van der Waals surface area (Å²) in [5, 5.41) is 2.65. The van der Waals surface area contributed by atoms with Gasteiger partial charge in [0.2, 0.25) is 0 Å². The Morgan fingerprint density at radius 2 is 1.89 bits per heavy atom. The molecule has 4 nitrogen and oxygen atoms in total. The van der Waals surface area contributed by atoms with Crippen LogP contribution in [-0.2, 0) is 4.84 Å². The van der Waals surface area contributed by atoms with E-state index in [4.69, 9.17) is 5.53 Å². The number of hydrogen-bond donors (Lipinski definition) is 0. The van der Waals surface area contributed by atoms with Crippen molar-refractivity contribution in [2.75, 3.05) is 7.11 Å². The predicted octanol–water partition coefficient (Wildman–Crippen LogP) is 2.66. The van der Waals surface area contributed by atoms with Gasteiger partial charge in [0.05, 0.1) is 7.11 Å². The van der Waals surface area contributed by atoms with Crippen molar-refractivity contribution in [3.8, 4) is 0 Å². The van der Waals surface area contributed by atoms with Gasteiger partial charge in [-0.15, -0.1) is 0 Å². The maximum Gasteiger partial charge on any atom is 0.111 e. The zero-order valence-corrected chi connectivity index (χ0v) is 6.16. The van der Waals surface area contributed by atoms with Gasteiger partial charge >= 0.3 is 0 Å². The molecule has 0 saturated carbocycles. The molecule has 54 valence electrons. The van der Waals surface area contributed by atoms with Crippen LogP contribution in [0, 0.1) is 0 Å². The van der Waals surface area contributed by atoms with E-state index < -0.39 is 0 Å². The van der Waals surface area contributed by atoms with E-state index in [2.05, 4.69) is 28.9 Å². The van der Waals surface area contributed by atoms with Crippen molar-refractivity contribution < 1.29 is 4.84 Å². The van der Waals surface area contributed by atoms with Crippen LogP contribution in [0.3, 0.4) is 0 Å². The zero-order valence-electron chi connectivity index (χ0n) is 6.16. The summed E-state index contributed by atoms with van der Waals surface area (Å²) in [7, 11) is 1.29. The van der Waals surface area contributed by atoms with Crippen molar-refractivity contribution in [3.63, 3.8) is 0 Å². The van der Waals surface area contributed by atoms with Crippen molar-refractivity contribution >= 4 is 0 Å². The van der Waals surface area contributed by atoms with Crippen molar-refractivity contribution in [1.82, 2.24) is 0 Å². The number of nitrogens with zero attached hydrogens (tertiary/aromatic N) is 3. The first-order chi connectivity index (χ1) is 4.33. The summed E-state index contributed by atoms with van der Waals surface area (Å²) in [5.74, 6) is 0. The molecule has 0 aromatic carbocycles. The third-order valence-electron chi connectivity index (χ3n) is 0.618. The highest BCUT2D eigenvalue weighted by molar-refractivity contribution is 4.26. The van der Waals surface area contributed by atoms with Gasteiger partial charge in [-0.2, -0.15) is 0 Å². The van der Waals surface area contributed by atoms with Crippen molar-refractivity contribution in [1.29, 1.82) is 0 Å². The molecule has 0 fully saturated rings. The quantitative estimate of drug-likeness (QED) is 0.246. The standard InChI is InChI=1S/C4H10.CH3N3O/c1-3-4-2;1-5-4-3-2/h3-4H2,1-2H3;1H3. The smallest absolute Gasteiger partial charge is 0.111 e. The van der Waals surface area contributed by atoms with Gasteiger partial charge in [0.1, 0.15) is 5.28 Å². The van der Waals surface area contributed by atoms with E-state index in [1.165, 1.54) is 20.0 Å². The van der Waals surface area contributed by atoms with Crippen LogP contribution < -0.4 is 0 Å². The average Bonchev–Trinajstić information content (AvgIpc) is 1.91. The number of unbranched alkanes of at least 4 members (excludes halogenated alkanes) is 1. The molecule has 0 heterocycles. The van der Waals surface area contributed by atoms with E-state index in [1.54, 1.807) is 0 Å². The van der Waals surface area contributed by atoms with Gasteiger partial charge in [0.25, 0.3) is 0 Å². The topological polar surface area (TPSA) is 58.0 Å². The molecule has 0 aliphatic heterocycles. The fraction of sp³-hybridized carbons (Fsp3) is 1.00. The Morgan fingerprint density at radius 3 is 1.89 bits per heavy atom. The molecular weight excluding hydrogens is 118 g/mol. The first-order valence-electron chi connectivity index (χ1n) is 2.91. The molecule has 0 aromatic heterocycles. The molecule has 0 rings (SSSR count). The molecule has 0 spiro atoms. The Bertz CT molecular complexity index is 76.3. The Labute approximate surface area is 55.4 Å². The van der Waals surface area contributed by atoms with Crippen LogP contribution in [0.4, 0.5) is 0 Å². The SMILES string of the molecule is CCCC.CON=[N+]=[N-]. The number of rotatable bonds is 2. The Kier molecular flexibility index (Phi) is 19.2. The summed E-state index contributed by atoms with van der Waals surface area (Å²) in [5.41, 5.74) is 7.40. The summed E-state index contributed by atoms with van der Waals surface area (Å²) in [6.07, 6.45) is 2.64. The van der Waals surface area contributed by atoms with Crippen LogP contribution in [0.2, 0.25) is 0 Å². The molecule has 0 bridgehead atoms. The maximum atomic E-state index is 7.40. The minimum absolute atomic E-state index is 1.29. The highest BCUT2D eigenvalue weighted by atomic mass is 16.6. The lowest BCUT2D eigenvalue weighted by Gasteiger charge is -1.69. The lowest BCUT2D eigenvalue weighted by Crippen LogP contribution is -1.53. The molecule has 4 heteroatoms. The average molecular weight is 131 g/mol. The van der Waals surface area contributed by atoms with Gasteiger partial charge < -0.3 is 4.84 Å². The molecule has 0 aromatic rings. The number of azide groups is 1. The molecule has 0 radical (unpaired) electrons. The molecular formula is C5H13N3O. The highest BCUT2D eigenvalue weighted by Crippen LogP contribution is 1.76. The second-order valence-corrected chi connectivity index (χ2v) is 1.35. The van der Waals surface area contributed by atoms with Crippen LogP contribution in [0.15, 0.2) is 5.28 Å². The van der Waals surface area contributed by atoms with Gasteiger partial charge in [0, 0.05) is 4.91 Å². The summed E-state index contributed by atoms with van der Waals surface area (Å²) >= 11 is 0. The Hall–Kier alpha value is -0.890. The van der Waals surface area contributed by atoms with Crippen LogP contribution >= 0.6 is 0 Å². The van der Waals surface area contributed by atoms with Crippen LogP contribution in [0.25, 0.3) is 10.4 Å². The van der Waals surface area contributed by atoms with Crippen LogP contribution in [0.1, 0.15) is 26.7 Å². The lowest BCUT2D eigenvalue weighted by molar-refractivity contribution is 0.206. The van der Waals surface area contributed by atoms with Crippen LogP contribution in [-0.4, -0.2) is 7.11 Å². The largest absolute Gasteiger partial charge is 0.437 e. The summed E-state index contributed by atoms with van der Waals surface area (Å²) in [6, 6.07) is 0. The summed E-state index contributed by atoms with van der Waals surface area (Å²) in [6.45, 7) is 4.36. The minimum atomic E-state index is 1.29. The second-order valence-electron chi connectivity index (χ2n) is 1.35. The van der Waals surface area contributed by atoms with Gasteiger partial charge in [0.15, 0.2) is 0 Å². The Balaban J connectivity index is 0. The summed E-state index contributed by atoms with van der Waals surface area (Å²) in [4.78, 5) is 6.16. The fourth-order valence-electron chi connectivity index (χ4n) is 0.0365. The zero-order chi connectivity index (χ0) is 7.54. The Morgan fingerprint density at radius 1 is 1.44 bits per heavy atom. The van der Waals surface area contributed by atoms with Gasteiger partial charge in [-0.05, 0) is 5.53 Å². The van der Waals surface area contributed by atoms with Crippen molar-refractivity contribution in [2.24, 2.45) is 5.28 Å². The summed E-state index contributed by atoms with van der Waals surface area (Å²) < 4.78 is 0. The van der Waals surface area contributed by atoms with E-state index in [0.29, 0.717) is 0 Å². The number of hydrogen-bond acceptors (Lipinski definition) is 2. The first-order valence-corrected chi connectivity index (χ1v) is 2.91. The van der Waals surface area contributed by atoms with E-state index >= 15 is 0 Å². The molecule has 0 saturated heterocycles. The highest BCUT2D eigenvalue weighted by Gasteiger charge is 1.56. The maximum absolute atomic E-state index is 7.40. The van der Waals surface area contributed by atoms with E-state index in [1.807, 2.05) is 0 Å². The molecule has 0 aliphatic rings. The van der Waals surface area contributed by atoms with Crippen molar-refractivity contribution in [3.05, 3.63) is 10.4 Å². The second kappa shape index (κ2) is 15.7. The van der Waals surface area contributed by atoms with E-state index in [9.17, 15) is 0 Å². The monoisotopic (exact) mass is 131 g/mol. The third kappa shape index (κ3) is 41.7. The lowest BCUT2D eigenvalue weighted by atomic mass is 10.4. The fourth-order valence-corrected chi connectivity index (χ4v) is 0.0365. The van der Waals surface area contributed by atoms with E-state index in [-0.39, 0.29) is 0 Å². The predicted molar refractivity (Wildman–Crippen MR) is 36.7 cm³/mol. The van der Waals surface area contributed by atoms with Gasteiger partial charge in [-0.25, -0.2) is 0 Å². The third-order valence-corrected chi connectivity index (χ3v) is 0.618. The molecule has 0 aliphatic carbocycles. The minimum Gasteiger partial charge on any atom is -0.437 e. The van der Waals surface area contributed by atoms with Crippen molar-refractivity contribution in [2.45, 2.75) is 26.7 Å². The molecule has 0 N–H and O–H groups in total. The van der Waals surface area contributed by atoms with Gasteiger partial charge in [-0.3, -0.25) is 0 Å². The molecule has 0 atom stereocenters. The van der Waals surface area contributed by atoms with Gasteiger partial charge in [-0.1, -0.05) is 26.7 Å². The first kappa shape index (κ1) is 11.0. The normalized spacial score (nSPS) is 6.11. The van der Waals surface area contributed by atoms with Crippen LogP contribution in [0.5, 0.6) is 0 Å². The molecule has 0 amide bonds.